The fourth-order valence-corrected chi connectivity index (χ4v) is 1.24. The second-order valence-corrected chi connectivity index (χ2v) is 3.47. The van der Waals surface area contributed by atoms with Crippen LogP contribution in [0.2, 0.25) is 0 Å². The molecule has 1 rings (SSSR count). The van der Waals surface area contributed by atoms with Crippen molar-refractivity contribution in [2.75, 3.05) is 12.8 Å². The zero-order valence-electron chi connectivity index (χ0n) is 8.12. The van der Waals surface area contributed by atoms with Crippen molar-refractivity contribution in [1.29, 1.82) is 0 Å². The number of methoxy groups -OCH3 is 1. The Morgan fingerprint density at radius 3 is 2.80 bits per heavy atom. The van der Waals surface area contributed by atoms with Gasteiger partial charge in [-0.05, 0) is 34.6 Å². The van der Waals surface area contributed by atoms with Crippen molar-refractivity contribution in [3.63, 3.8) is 0 Å². The lowest BCUT2D eigenvalue weighted by atomic mass is 10.3. The summed E-state index contributed by atoms with van der Waals surface area (Å²) in [6.07, 6.45) is 0. The van der Waals surface area contributed by atoms with Gasteiger partial charge in [-0.15, -0.1) is 0 Å². The second kappa shape index (κ2) is 4.84. The van der Waals surface area contributed by atoms with Crippen molar-refractivity contribution in [3.8, 4) is 5.75 Å². The Balaban J connectivity index is 2.86. The van der Waals surface area contributed by atoms with Crippen LogP contribution in [0.3, 0.4) is 0 Å². The van der Waals surface area contributed by atoms with Gasteiger partial charge in [0.05, 0.1) is 11.6 Å². The van der Waals surface area contributed by atoms with Gasteiger partial charge in [0.25, 0.3) is 0 Å². The predicted octanol–water partition coefficient (Wildman–Crippen LogP) is 2.10. The van der Waals surface area contributed by atoms with Gasteiger partial charge in [-0.1, -0.05) is 6.07 Å². The third-order valence-electron chi connectivity index (χ3n) is 1.64. The Morgan fingerprint density at radius 1 is 1.53 bits per heavy atom. The normalized spacial score (nSPS) is 9.47. The Morgan fingerprint density at radius 2 is 2.20 bits per heavy atom. The molecule has 80 valence electrons. The molecule has 1 aromatic rings. The Kier molecular flexibility index (Phi) is 3.74. The molecule has 4 nitrogen and oxygen atoms in total. The van der Waals surface area contributed by atoms with Gasteiger partial charge < -0.3 is 15.2 Å². The molecule has 0 radical (unpaired) electrons. The Hall–Kier alpha value is -1.49. The SMILES string of the molecule is C=C(Oc1cccc(N)c1Br)C(=O)OC. The summed E-state index contributed by atoms with van der Waals surface area (Å²) in [5.41, 5.74) is 6.15. The topological polar surface area (TPSA) is 61.5 Å². The van der Waals surface area contributed by atoms with Gasteiger partial charge in [-0.25, -0.2) is 4.79 Å². The maximum Gasteiger partial charge on any atom is 0.373 e. The van der Waals surface area contributed by atoms with Crippen LogP contribution in [0.25, 0.3) is 0 Å². The van der Waals surface area contributed by atoms with Crippen LogP contribution in [-0.4, -0.2) is 13.1 Å². The smallest absolute Gasteiger partial charge is 0.373 e. The van der Waals surface area contributed by atoms with E-state index in [1.807, 2.05) is 0 Å². The number of rotatable bonds is 3. The van der Waals surface area contributed by atoms with Gasteiger partial charge in [0.15, 0.2) is 0 Å². The zero-order valence-corrected chi connectivity index (χ0v) is 9.71. The molecular weight excluding hydrogens is 262 g/mol. The van der Waals surface area contributed by atoms with E-state index in [0.29, 0.717) is 15.9 Å². The molecule has 0 bridgehead atoms. The number of hydrogen-bond acceptors (Lipinski definition) is 4. The molecule has 0 aromatic heterocycles. The third kappa shape index (κ3) is 2.73. The molecule has 0 fully saturated rings. The zero-order chi connectivity index (χ0) is 11.4. The number of esters is 1. The molecule has 0 saturated heterocycles. The van der Waals surface area contributed by atoms with Gasteiger partial charge >= 0.3 is 5.97 Å². The third-order valence-corrected chi connectivity index (χ3v) is 2.49. The summed E-state index contributed by atoms with van der Waals surface area (Å²) in [5.74, 6) is -0.293. The molecule has 0 amide bonds. The van der Waals surface area contributed by atoms with Crippen molar-refractivity contribution >= 4 is 27.6 Å². The number of benzene rings is 1. The monoisotopic (exact) mass is 271 g/mol. The quantitative estimate of drug-likeness (QED) is 0.396. The first kappa shape index (κ1) is 11.6. The van der Waals surface area contributed by atoms with E-state index in [9.17, 15) is 4.79 Å². The summed E-state index contributed by atoms with van der Waals surface area (Å²) < 4.78 is 10.2. The number of carbonyl (C=O) groups is 1. The van der Waals surface area contributed by atoms with Crippen molar-refractivity contribution in [1.82, 2.24) is 0 Å². The van der Waals surface area contributed by atoms with E-state index >= 15 is 0 Å². The number of ether oxygens (including phenoxy) is 2. The van der Waals surface area contributed by atoms with Crippen LogP contribution in [0.5, 0.6) is 5.75 Å². The second-order valence-electron chi connectivity index (χ2n) is 2.68. The summed E-state index contributed by atoms with van der Waals surface area (Å²) in [7, 11) is 1.26. The minimum absolute atomic E-state index is 0.0937. The van der Waals surface area contributed by atoms with E-state index in [1.165, 1.54) is 7.11 Å². The molecule has 5 heteroatoms. The van der Waals surface area contributed by atoms with Gasteiger partial charge in [0.1, 0.15) is 5.75 Å². The standard InChI is InChI=1S/C10H10BrNO3/c1-6(10(13)14-2)15-8-5-3-4-7(12)9(8)11/h3-5H,1,12H2,2H3. The molecule has 15 heavy (non-hydrogen) atoms. The van der Waals surface area contributed by atoms with E-state index in [2.05, 4.69) is 27.2 Å². The summed E-state index contributed by atoms with van der Waals surface area (Å²) in [5, 5.41) is 0. The summed E-state index contributed by atoms with van der Waals surface area (Å²) in [6, 6.07) is 5.08. The summed E-state index contributed by atoms with van der Waals surface area (Å²) in [4.78, 5) is 11.0. The molecule has 0 spiro atoms. The molecule has 0 heterocycles. The van der Waals surface area contributed by atoms with Crippen molar-refractivity contribution < 1.29 is 14.3 Å². The van der Waals surface area contributed by atoms with Gasteiger partial charge in [0.2, 0.25) is 5.76 Å². The minimum Gasteiger partial charge on any atom is -0.463 e. The minimum atomic E-state index is -0.621. The molecule has 0 unspecified atom stereocenters. The van der Waals surface area contributed by atoms with Crippen LogP contribution in [0, 0.1) is 0 Å². The van der Waals surface area contributed by atoms with Crippen LogP contribution in [0.1, 0.15) is 0 Å². The highest BCUT2D eigenvalue weighted by atomic mass is 79.9. The number of halogens is 1. The highest BCUT2D eigenvalue weighted by Gasteiger charge is 2.11. The largest absolute Gasteiger partial charge is 0.463 e. The van der Waals surface area contributed by atoms with Crippen LogP contribution < -0.4 is 10.5 Å². The van der Waals surface area contributed by atoms with Gasteiger partial charge in [-0.2, -0.15) is 0 Å². The van der Waals surface area contributed by atoms with Gasteiger partial charge in [0, 0.05) is 5.69 Å². The van der Waals surface area contributed by atoms with Crippen molar-refractivity contribution in [2.45, 2.75) is 0 Å². The Bertz CT molecular complexity index is 404. The molecule has 1 aromatic carbocycles. The van der Waals surface area contributed by atoms with E-state index in [4.69, 9.17) is 10.5 Å². The number of hydrogen-bond donors (Lipinski definition) is 1. The molecule has 0 aliphatic heterocycles. The van der Waals surface area contributed by atoms with E-state index in [0.717, 1.165) is 0 Å². The highest BCUT2D eigenvalue weighted by molar-refractivity contribution is 9.10. The number of nitrogen functional groups attached to an aromatic ring is 1. The number of nitrogens with two attached hydrogens (primary N) is 1. The summed E-state index contributed by atoms with van der Waals surface area (Å²) in [6.45, 7) is 3.43. The van der Waals surface area contributed by atoms with Crippen LogP contribution in [0.4, 0.5) is 5.69 Å². The molecule has 2 N–H and O–H groups in total. The first-order chi connectivity index (χ1) is 7.06. The fraction of sp³-hybridized carbons (Fsp3) is 0.100. The lowest BCUT2D eigenvalue weighted by Gasteiger charge is -2.09. The number of carbonyl (C=O) groups excluding carboxylic acids is 1. The fourth-order valence-electron chi connectivity index (χ4n) is 0.895. The van der Waals surface area contributed by atoms with E-state index in [-0.39, 0.29) is 5.76 Å². The number of anilines is 1. The first-order valence-electron chi connectivity index (χ1n) is 4.05. The average molecular weight is 272 g/mol. The van der Waals surface area contributed by atoms with Crippen LogP contribution >= 0.6 is 15.9 Å². The van der Waals surface area contributed by atoms with E-state index < -0.39 is 5.97 Å². The summed E-state index contributed by atoms with van der Waals surface area (Å²) >= 11 is 3.24. The first-order valence-corrected chi connectivity index (χ1v) is 4.84. The van der Waals surface area contributed by atoms with Crippen molar-refractivity contribution in [3.05, 3.63) is 35.0 Å². The predicted molar refractivity (Wildman–Crippen MR) is 60.3 cm³/mol. The van der Waals surface area contributed by atoms with E-state index in [1.54, 1.807) is 18.2 Å². The molecule has 0 aliphatic carbocycles. The van der Waals surface area contributed by atoms with Crippen LogP contribution in [-0.2, 0) is 9.53 Å². The lowest BCUT2D eigenvalue weighted by molar-refractivity contribution is -0.138. The van der Waals surface area contributed by atoms with Crippen molar-refractivity contribution in [2.24, 2.45) is 0 Å². The maximum atomic E-state index is 11.0. The Labute approximate surface area is 95.8 Å². The molecular formula is C10H10BrNO3. The maximum absolute atomic E-state index is 11.0. The van der Waals surface area contributed by atoms with Gasteiger partial charge in [-0.3, -0.25) is 0 Å². The average Bonchev–Trinajstić information content (AvgIpc) is 2.23. The lowest BCUT2D eigenvalue weighted by Crippen LogP contribution is -2.09. The molecule has 0 atom stereocenters. The van der Waals surface area contributed by atoms with Crippen LogP contribution in [0.15, 0.2) is 35.0 Å². The molecule has 0 aliphatic rings. The molecule has 0 saturated carbocycles. The highest BCUT2D eigenvalue weighted by Crippen LogP contribution is 2.31.